The lowest BCUT2D eigenvalue weighted by Crippen LogP contribution is -2.42. The van der Waals surface area contributed by atoms with Gasteiger partial charge in [0.1, 0.15) is 17.2 Å². The van der Waals surface area contributed by atoms with Crippen molar-refractivity contribution in [2.75, 3.05) is 19.4 Å². The molecule has 0 fully saturated rings. The number of anilines is 1. The van der Waals surface area contributed by atoms with Gasteiger partial charge in [0.15, 0.2) is 0 Å². The largest absolute Gasteiger partial charge is 0.454 e. The molecule has 0 saturated heterocycles. The molecule has 0 unspecified atom stereocenters. The number of halogens is 1. The van der Waals surface area contributed by atoms with Gasteiger partial charge in [0.05, 0.1) is 16.8 Å². The molecule has 1 heterocycles. The van der Waals surface area contributed by atoms with E-state index in [4.69, 9.17) is 10.8 Å². The molecule has 3 N–H and O–H groups in total. The van der Waals surface area contributed by atoms with Gasteiger partial charge in [-0.1, -0.05) is 30.7 Å². The number of hydrogen-bond acceptors (Lipinski definition) is 4. The van der Waals surface area contributed by atoms with E-state index in [0.29, 0.717) is 44.7 Å². The van der Waals surface area contributed by atoms with Crippen molar-refractivity contribution >= 4 is 34.5 Å². The van der Waals surface area contributed by atoms with Gasteiger partial charge in [0.25, 0.3) is 11.8 Å². The van der Waals surface area contributed by atoms with Crippen LogP contribution in [0.1, 0.15) is 40.1 Å². The van der Waals surface area contributed by atoms with Crippen molar-refractivity contribution in [2.24, 2.45) is 0 Å². The summed E-state index contributed by atoms with van der Waals surface area (Å²) in [4.78, 5) is 26.0. The predicted octanol–water partition coefficient (Wildman–Crippen LogP) is 6.09. The number of nitrogens with one attached hydrogen (secondary N) is 3. The molecule has 4 rings (SSSR count). The molecule has 0 radical (unpaired) electrons. The van der Waals surface area contributed by atoms with Crippen LogP contribution in [0.2, 0.25) is 0 Å². The number of fused-ring (bicyclic) bond motifs is 1. The molecule has 4 aromatic rings. The minimum absolute atomic E-state index is 0.307. The van der Waals surface area contributed by atoms with Crippen molar-refractivity contribution in [1.29, 1.82) is 0 Å². The van der Waals surface area contributed by atoms with Crippen LogP contribution in [-0.2, 0) is 0 Å². The highest BCUT2D eigenvalue weighted by Gasteiger charge is 2.26. The van der Waals surface area contributed by atoms with Crippen molar-refractivity contribution < 1.29 is 18.4 Å². The maximum absolute atomic E-state index is 13.6. The van der Waals surface area contributed by atoms with Gasteiger partial charge in [0.2, 0.25) is 0 Å². The fourth-order valence-electron chi connectivity index (χ4n) is 4.32. The van der Waals surface area contributed by atoms with Crippen molar-refractivity contribution in [3.63, 3.8) is 0 Å². The first kappa shape index (κ1) is 26.2. The Bertz CT molecular complexity index is 1610. The second-order valence-corrected chi connectivity index (χ2v) is 9.24. The van der Waals surface area contributed by atoms with Gasteiger partial charge in [-0.2, -0.15) is 0 Å². The lowest BCUT2D eigenvalue weighted by atomic mass is 9.94. The molecule has 0 saturated carbocycles. The van der Waals surface area contributed by atoms with Gasteiger partial charge in [0, 0.05) is 41.7 Å². The number of benzene rings is 3. The fraction of sp³-hybridized carbons (Fsp3) is 0.161. The molecule has 0 spiro atoms. The zero-order valence-corrected chi connectivity index (χ0v) is 21.7. The third-order valence-corrected chi connectivity index (χ3v) is 6.25. The number of amides is 2. The third-order valence-electron chi connectivity index (χ3n) is 6.25. The maximum Gasteiger partial charge on any atom is 0.255 e. The van der Waals surface area contributed by atoms with E-state index in [9.17, 15) is 14.0 Å². The summed E-state index contributed by atoms with van der Waals surface area (Å²) < 4.78 is 19.9. The topological polar surface area (TPSA) is 83.4 Å². The van der Waals surface area contributed by atoms with Gasteiger partial charge in [-0.05, 0) is 61.9 Å². The van der Waals surface area contributed by atoms with Crippen molar-refractivity contribution in [2.45, 2.75) is 19.4 Å². The molecule has 0 aliphatic carbocycles. The molecular formula is C31H28FN3O3. The number of rotatable bonds is 7. The molecule has 6 nitrogen and oxygen atoms in total. The van der Waals surface area contributed by atoms with Gasteiger partial charge < -0.3 is 20.4 Å². The third kappa shape index (κ3) is 4.76. The summed E-state index contributed by atoms with van der Waals surface area (Å²) in [5, 5.41) is 9.28. The van der Waals surface area contributed by atoms with Crippen LogP contribution in [0.25, 0.3) is 39.5 Å². The first-order chi connectivity index (χ1) is 18.1. The van der Waals surface area contributed by atoms with Crippen LogP contribution < -0.4 is 16.0 Å². The van der Waals surface area contributed by atoms with E-state index in [0.717, 1.165) is 11.1 Å². The summed E-state index contributed by atoms with van der Waals surface area (Å²) in [6.45, 7) is 7.47. The first-order valence-electron chi connectivity index (χ1n) is 12.0. The Morgan fingerprint density at radius 1 is 1.05 bits per heavy atom. The predicted molar refractivity (Wildman–Crippen MR) is 150 cm³/mol. The van der Waals surface area contributed by atoms with E-state index in [2.05, 4.69) is 28.4 Å². The second kappa shape index (κ2) is 10.3. The zero-order valence-electron chi connectivity index (χ0n) is 21.7. The Hall–Kier alpha value is -4.83. The van der Waals surface area contributed by atoms with Gasteiger partial charge in [-0.3, -0.25) is 9.59 Å². The maximum atomic E-state index is 13.6. The molecule has 1 aromatic heterocycles. The normalized spacial score (nSPS) is 11.1. The molecule has 38 heavy (non-hydrogen) atoms. The summed E-state index contributed by atoms with van der Waals surface area (Å²) in [5.41, 5.74) is 3.75. The molecule has 0 bridgehead atoms. The van der Waals surface area contributed by atoms with Crippen LogP contribution in [0, 0.1) is 18.2 Å². The summed E-state index contributed by atoms with van der Waals surface area (Å²) in [5.74, 6) is 1.81. The molecular weight excluding hydrogens is 481 g/mol. The van der Waals surface area contributed by atoms with Crippen LogP contribution in [-0.4, -0.2) is 31.4 Å². The molecule has 3 aromatic carbocycles. The molecule has 2 amide bonds. The highest BCUT2D eigenvalue weighted by Crippen LogP contribution is 2.43. The minimum atomic E-state index is -0.811. The molecule has 0 aliphatic heterocycles. The van der Waals surface area contributed by atoms with Gasteiger partial charge in [-0.25, -0.2) is 4.39 Å². The van der Waals surface area contributed by atoms with Crippen LogP contribution in [0.15, 0.2) is 65.6 Å². The van der Waals surface area contributed by atoms with Gasteiger partial charge in [-0.15, -0.1) is 6.42 Å². The second-order valence-electron chi connectivity index (χ2n) is 9.24. The Kier molecular flexibility index (Phi) is 7.09. The summed E-state index contributed by atoms with van der Waals surface area (Å²) >= 11 is 0. The Labute approximate surface area is 220 Å². The van der Waals surface area contributed by atoms with Crippen molar-refractivity contribution in [3.8, 4) is 34.8 Å². The lowest BCUT2D eigenvalue weighted by molar-refractivity contribution is 0.0928. The Balaban J connectivity index is 1.98. The monoisotopic (exact) mass is 509 g/mol. The lowest BCUT2D eigenvalue weighted by Gasteiger charge is -2.20. The zero-order chi connectivity index (χ0) is 27.6. The fourth-order valence-corrected chi connectivity index (χ4v) is 4.32. The highest BCUT2D eigenvalue weighted by atomic mass is 19.1. The van der Waals surface area contributed by atoms with Crippen molar-refractivity contribution in [3.05, 3.63) is 83.7 Å². The van der Waals surface area contributed by atoms with Crippen LogP contribution in [0.4, 0.5) is 10.1 Å². The number of carbonyl (C=O) groups excluding carboxylic acids is 2. The average Bonchev–Trinajstić information content (AvgIpc) is 3.30. The van der Waals surface area contributed by atoms with Crippen molar-refractivity contribution in [1.82, 2.24) is 10.6 Å². The molecule has 0 aliphatic rings. The van der Waals surface area contributed by atoms with E-state index < -0.39 is 11.4 Å². The molecule has 0 atom stereocenters. The SMILES string of the molecule is C#CC(C)(C)NC(=O)c1cccc(-c2cc3c(C(=O)NC)c(-c4ccc(F)cc4)oc3c(C=C)c2NC)c1. The number of hydrogen-bond donors (Lipinski definition) is 3. The summed E-state index contributed by atoms with van der Waals surface area (Å²) in [6.07, 6.45) is 7.18. The molecule has 192 valence electrons. The number of terminal acetylenes is 1. The van der Waals surface area contributed by atoms with E-state index in [1.807, 2.05) is 12.1 Å². The number of carbonyl (C=O) groups is 2. The van der Waals surface area contributed by atoms with E-state index in [1.165, 1.54) is 19.2 Å². The number of furan rings is 1. The van der Waals surface area contributed by atoms with Crippen LogP contribution >= 0.6 is 0 Å². The van der Waals surface area contributed by atoms with Crippen LogP contribution in [0.5, 0.6) is 0 Å². The Morgan fingerprint density at radius 2 is 1.76 bits per heavy atom. The van der Waals surface area contributed by atoms with Gasteiger partial charge >= 0.3 is 0 Å². The summed E-state index contributed by atoms with van der Waals surface area (Å²) in [6, 6.07) is 14.7. The quantitative estimate of drug-likeness (QED) is 0.263. The highest BCUT2D eigenvalue weighted by molar-refractivity contribution is 6.15. The smallest absolute Gasteiger partial charge is 0.255 e. The van der Waals surface area contributed by atoms with E-state index in [1.54, 1.807) is 57.3 Å². The Morgan fingerprint density at radius 3 is 2.37 bits per heavy atom. The van der Waals surface area contributed by atoms with E-state index >= 15 is 0 Å². The van der Waals surface area contributed by atoms with Crippen LogP contribution in [0.3, 0.4) is 0 Å². The van der Waals surface area contributed by atoms with E-state index in [-0.39, 0.29) is 11.8 Å². The summed E-state index contributed by atoms with van der Waals surface area (Å²) in [7, 11) is 3.31. The molecule has 7 heteroatoms. The minimum Gasteiger partial charge on any atom is -0.454 e. The first-order valence-corrected chi connectivity index (χ1v) is 12.0. The average molecular weight is 510 g/mol. The standard InChI is InChI=1S/C31H28FN3O3/c1-7-22-26(33-5)23(19-10-9-11-20(16-19)29(36)35-31(3,4)8-2)17-24-25(30(37)34-6)27(38-28(22)24)18-12-14-21(32)15-13-18/h2,7,9-17,33H,1H2,3-6H3,(H,34,37)(H,35,36).